The third-order valence-corrected chi connectivity index (χ3v) is 7.28. The van der Waals surface area contributed by atoms with E-state index in [0.717, 1.165) is 11.3 Å². The van der Waals surface area contributed by atoms with Crippen molar-refractivity contribution in [1.29, 1.82) is 0 Å². The third kappa shape index (κ3) is 4.03. The minimum absolute atomic E-state index is 0.0439. The molecule has 2 amide bonds. The smallest absolute Gasteiger partial charge is 0.253 e. The molecule has 23 heavy (non-hydrogen) atoms. The van der Waals surface area contributed by atoms with Gasteiger partial charge in [0, 0.05) is 26.6 Å². The van der Waals surface area contributed by atoms with Crippen molar-refractivity contribution in [2.45, 2.75) is 29.5 Å². The van der Waals surface area contributed by atoms with Crippen molar-refractivity contribution in [1.82, 2.24) is 9.21 Å². The van der Waals surface area contributed by atoms with Gasteiger partial charge in [0.25, 0.3) is 10.0 Å². The number of hydrogen-bond donors (Lipinski definition) is 1. The Morgan fingerprint density at radius 1 is 1.48 bits per heavy atom. The first-order valence-electron chi connectivity index (χ1n) is 7.04. The summed E-state index contributed by atoms with van der Waals surface area (Å²) in [5.41, 5.74) is 5.07. The van der Waals surface area contributed by atoms with Gasteiger partial charge in [0.1, 0.15) is 10.3 Å². The van der Waals surface area contributed by atoms with Crippen LogP contribution in [0, 0.1) is 0 Å². The van der Waals surface area contributed by atoms with Gasteiger partial charge in [-0.05, 0) is 25.0 Å². The van der Waals surface area contributed by atoms with Crippen molar-refractivity contribution in [3.8, 4) is 0 Å². The second-order valence-corrected chi connectivity index (χ2v) is 9.14. The van der Waals surface area contributed by atoms with E-state index < -0.39 is 22.0 Å². The van der Waals surface area contributed by atoms with Gasteiger partial charge in [-0.25, -0.2) is 8.42 Å². The topological polar surface area (TPSA) is 101 Å². The molecule has 2 heterocycles. The van der Waals surface area contributed by atoms with Gasteiger partial charge < -0.3 is 10.6 Å². The average Bonchev–Trinajstić information content (AvgIpc) is 3.12. The summed E-state index contributed by atoms with van der Waals surface area (Å²) < 4.78 is 27.1. The molecule has 2 N–H and O–H groups in total. The Morgan fingerprint density at radius 2 is 2.17 bits per heavy atom. The Kier molecular flexibility index (Phi) is 5.66. The number of thiophene rings is 1. The lowest BCUT2D eigenvalue weighted by Gasteiger charge is -2.26. The largest absolute Gasteiger partial charge is 0.370 e. The molecule has 1 unspecified atom stereocenters. The van der Waals surface area contributed by atoms with Crippen molar-refractivity contribution >= 4 is 44.8 Å². The Morgan fingerprint density at radius 3 is 2.74 bits per heavy atom. The van der Waals surface area contributed by atoms with E-state index in [1.807, 2.05) is 0 Å². The fourth-order valence-electron chi connectivity index (χ4n) is 2.47. The number of nitrogens with zero attached hydrogens (tertiary/aromatic N) is 2. The summed E-state index contributed by atoms with van der Waals surface area (Å²) in [5, 5.41) is 0. The van der Waals surface area contributed by atoms with Crippen LogP contribution in [0.25, 0.3) is 0 Å². The highest BCUT2D eigenvalue weighted by atomic mass is 35.5. The molecule has 1 fully saturated rings. The SMILES string of the molecule is CN(CCC(N)=O)C(=O)C1CCCN1S(=O)(=O)c1ccc(Cl)s1. The van der Waals surface area contributed by atoms with Crippen LogP contribution in [0.15, 0.2) is 16.3 Å². The second-order valence-electron chi connectivity index (χ2n) is 5.31. The molecule has 1 aliphatic rings. The number of halogens is 1. The molecule has 0 aromatic carbocycles. The number of primary amides is 1. The van der Waals surface area contributed by atoms with Crippen molar-refractivity contribution in [3.05, 3.63) is 16.5 Å². The molecule has 1 aromatic rings. The third-order valence-electron chi connectivity index (χ3n) is 3.67. The highest BCUT2D eigenvalue weighted by Gasteiger charge is 2.41. The van der Waals surface area contributed by atoms with Gasteiger partial charge in [0.15, 0.2) is 0 Å². The molecule has 0 radical (unpaired) electrons. The molecule has 0 bridgehead atoms. The number of hydrogen-bond acceptors (Lipinski definition) is 5. The highest BCUT2D eigenvalue weighted by Crippen LogP contribution is 2.32. The number of sulfonamides is 1. The van der Waals surface area contributed by atoms with E-state index in [2.05, 4.69) is 0 Å². The number of carbonyl (C=O) groups excluding carboxylic acids is 2. The first-order valence-corrected chi connectivity index (χ1v) is 9.67. The van der Waals surface area contributed by atoms with Gasteiger partial charge in [0.05, 0.1) is 4.34 Å². The summed E-state index contributed by atoms with van der Waals surface area (Å²) in [5.74, 6) is -0.830. The Bertz CT molecular complexity index is 704. The maximum atomic E-state index is 12.7. The van der Waals surface area contributed by atoms with E-state index in [4.69, 9.17) is 17.3 Å². The first-order chi connectivity index (χ1) is 10.7. The zero-order valence-electron chi connectivity index (χ0n) is 12.6. The van der Waals surface area contributed by atoms with Crippen LogP contribution >= 0.6 is 22.9 Å². The van der Waals surface area contributed by atoms with Gasteiger partial charge in [-0.1, -0.05) is 11.6 Å². The number of amides is 2. The second kappa shape index (κ2) is 7.16. The molecular weight excluding hydrogens is 362 g/mol. The molecule has 0 aliphatic carbocycles. The number of rotatable bonds is 6. The molecule has 128 valence electrons. The Labute approximate surface area is 144 Å². The summed E-state index contributed by atoms with van der Waals surface area (Å²) in [6, 6.07) is 2.21. The van der Waals surface area contributed by atoms with Gasteiger partial charge in [-0.3, -0.25) is 9.59 Å². The molecule has 0 saturated carbocycles. The first kappa shape index (κ1) is 18.2. The number of likely N-dealkylation sites (N-methyl/N-ethyl adjacent to an activating group) is 1. The zero-order valence-corrected chi connectivity index (χ0v) is 15.0. The van der Waals surface area contributed by atoms with E-state index in [-0.39, 0.29) is 29.6 Å². The summed E-state index contributed by atoms with van der Waals surface area (Å²) in [6.45, 7) is 0.460. The van der Waals surface area contributed by atoms with Crippen LogP contribution in [0.1, 0.15) is 19.3 Å². The minimum atomic E-state index is -3.75. The predicted octanol–water partition coefficient (Wildman–Crippen LogP) is 0.888. The monoisotopic (exact) mass is 379 g/mol. The Balaban J connectivity index is 2.16. The van der Waals surface area contributed by atoms with Crippen LogP contribution in [0.2, 0.25) is 4.34 Å². The fraction of sp³-hybridized carbons (Fsp3) is 0.538. The molecule has 1 atom stereocenters. The van der Waals surface area contributed by atoms with Gasteiger partial charge >= 0.3 is 0 Å². The molecular formula is C13H18ClN3O4S2. The summed E-state index contributed by atoms with van der Waals surface area (Å²) >= 11 is 6.78. The van der Waals surface area contributed by atoms with Gasteiger partial charge in [0.2, 0.25) is 11.8 Å². The van der Waals surface area contributed by atoms with E-state index in [1.165, 1.54) is 28.4 Å². The van der Waals surface area contributed by atoms with Gasteiger partial charge in [-0.2, -0.15) is 4.31 Å². The molecule has 10 heteroatoms. The summed E-state index contributed by atoms with van der Waals surface area (Å²) in [4.78, 5) is 24.7. The number of carbonyl (C=O) groups is 2. The van der Waals surface area contributed by atoms with Crippen LogP contribution in [-0.4, -0.2) is 55.6 Å². The van der Waals surface area contributed by atoms with E-state index in [9.17, 15) is 18.0 Å². The number of nitrogens with two attached hydrogens (primary N) is 1. The lowest BCUT2D eigenvalue weighted by atomic mass is 10.2. The predicted molar refractivity (Wildman–Crippen MR) is 87.7 cm³/mol. The zero-order chi connectivity index (χ0) is 17.2. The van der Waals surface area contributed by atoms with Gasteiger partial charge in [-0.15, -0.1) is 11.3 Å². The van der Waals surface area contributed by atoms with E-state index in [1.54, 1.807) is 0 Å². The molecule has 1 saturated heterocycles. The van der Waals surface area contributed by atoms with E-state index >= 15 is 0 Å². The Hall–Kier alpha value is -1.16. The fourth-order valence-corrected chi connectivity index (χ4v) is 5.73. The normalized spacial score (nSPS) is 19.0. The van der Waals surface area contributed by atoms with Crippen molar-refractivity contribution in [3.63, 3.8) is 0 Å². The molecule has 1 aromatic heterocycles. The van der Waals surface area contributed by atoms with Crippen LogP contribution in [0.4, 0.5) is 0 Å². The van der Waals surface area contributed by atoms with Crippen LogP contribution in [0.3, 0.4) is 0 Å². The van der Waals surface area contributed by atoms with Crippen molar-refractivity contribution in [2.75, 3.05) is 20.1 Å². The summed E-state index contributed by atoms with van der Waals surface area (Å²) in [7, 11) is -2.21. The summed E-state index contributed by atoms with van der Waals surface area (Å²) in [6.07, 6.45) is 1.11. The molecule has 0 spiro atoms. The quantitative estimate of drug-likeness (QED) is 0.792. The maximum Gasteiger partial charge on any atom is 0.253 e. The molecule has 2 rings (SSSR count). The van der Waals surface area contributed by atoms with Crippen LogP contribution in [-0.2, 0) is 19.6 Å². The molecule has 7 nitrogen and oxygen atoms in total. The highest BCUT2D eigenvalue weighted by molar-refractivity contribution is 7.91. The van der Waals surface area contributed by atoms with Crippen LogP contribution in [0.5, 0.6) is 0 Å². The standard InChI is InChI=1S/C13H18ClN3O4S2/c1-16(8-6-11(15)18)13(19)9-3-2-7-17(9)23(20,21)12-5-4-10(14)22-12/h4-5,9H,2-3,6-8H2,1H3,(H2,15,18). The van der Waals surface area contributed by atoms with Crippen molar-refractivity contribution in [2.24, 2.45) is 5.73 Å². The average molecular weight is 380 g/mol. The van der Waals surface area contributed by atoms with E-state index in [0.29, 0.717) is 17.2 Å². The van der Waals surface area contributed by atoms with Crippen LogP contribution < -0.4 is 5.73 Å². The van der Waals surface area contributed by atoms with Crippen molar-refractivity contribution < 1.29 is 18.0 Å². The minimum Gasteiger partial charge on any atom is -0.370 e. The lowest BCUT2D eigenvalue weighted by molar-refractivity contribution is -0.133. The lowest BCUT2D eigenvalue weighted by Crippen LogP contribution is -2.46. The maximum absolute atomic E-state index is 12.7. The molecule has 1 aliphatic heterocycles.